The van der Waals surface area contributed by atoms with Gasteiger partial charge in [-0.25, -0.2) is 9.78 Å². The zero-order valence-electron chi connectivity index (χ0n) is 5.46. The van der Waals surface area contributed by atoms with Crippen molar-refractivity contribution in [3.63, 3.8) is 0 Å². The van der Waals surface area contributed by atoms with Crippen LogP contribution in [-0.4, -0.2) is 0 Å². The first-order chi connectivity index (χ1) is 4.97. The monoisotopic (exact) mass is 135 g/mol. The van der Waals surface area contributed by atoms with Gasteiger partial charge in [-0.2, -0.15) is 0 Å². The van der Waals surface area contributed by atoms with E-state index in [1.165, 1.54) is 5.56 Å². The molecule has 0 atom stereocenters. The van der Waals surface area contributed by atoms with E-state index >= 15 is 0 Å². The number of hydrogen-bond donors (Lipinski definition) is 0. The molecule has 0 aliphatic carbocycles. The Balaban J connectivity index is 2.41. The van der Waals surface area contributed by atoms with Crippen molar-refractivity contribution in [1.29, 1.82) is 0 Å². The average molecular weight is 135 g/mol. The molecule has 1 aliphatic heterocycles. The van der Waals surface area contributed by atoms with Gasteiger partial charge in [-0.15, -0.1) is 0 Å². The lowest BCUT2D eigenvalue weighted by molar-refractivity contribution is -0.322. The predicted molar refractivity (Wildman–Crippen MR) is 34.9 cm³/mol. The minimum Gasteiger partial charge on any atom is -0.232 e. The zero-order chi connectivity index (χ0) is 6.81. The topological polar surface area (TPSA) is 18.5 Å². The van der Waals surface area contributed by atoms with E-state index in [0.29, 0.717) is 13.2 Å². The van der Waals surface area contributed by atoms with Crippen LogP contribution in [0.3, 0.4) is 0 Å². The van der Waals surface area contributed by atoms with Crippen molar-refractivity contribution in [3.8, 4) is 0 Å². The summed E-state index contributed by atoms with van der Waals surface area (Å²) in [5, 5.41) is 0. The lowest BCUT2D eigenvalue weighted by Gasteiger charge is -2.13. The van der Waals surface area contributed by atoms with Gasteiger partial charge in [-0.05, 0) is 17.2 Å². The molecule has 0 amide bonds. The smallest absolute Gasteiger partial charge is 0.108 e. The molecule has 0 unspecified atom stereocenters. The molecule has 0 spiro atoms. The van der Waals surface area contributed by atoms with Crippen LogP contribution in [0.25, 0.3) is 0 Å². The van der Waals surface area contributed by atoms with Crippen molar-refractivity contribution in [2.24, 2.45) is 0 Å². The molecule has 0 saturated heterocycles. The van der Waals surface area contributed by atoms with E-state index in [1.54, 1.807) is 0 Å². The van der Waals surface area contributed by atoms with Crippen LogP contribution < -0.4 is 0 Å². The lowest BCUT2D eigenvalue weighted by atomic mass is 10.1. The summed E-state index contributed by atoms with van der Waals surface area (Å²) in [6.07, 6.45) is 0. The first-order valence-corrected chi connectivity index (χ1v) is 3.20. The number of hydrogen-bond acceptors (Lipinski definition) is 2. The second kappa shape index (κ2) is 2.40. The van der Waals surface area contributed by atoms with Crippen molar-refractivity contribution in [1.82, 2.24) is 0 Å². The fourth-order valence-electron chi connectivity index (χ4n) is 0.982. The van der Waals surface area contributed by atoms with Crippen LogP contribution in [0.15, 0.2) is 18.2 Å². The van der Waals surface area contributed by atoms with Gasteiger partial charge < -0.3 is 0 Å². The molecule has 2 heteroatoms. The highest BCUT2D eigenvalue weighted by Crippen LogP contribution is 2.15. The van der Waals surface area contributed by atoms with Crippen LogP contribution in [0.4, 0.5) is 0 Å². The molecule has 2 nitrogen and oxygen atoms in total. The summed E-state index contributed by atoms with van der Waals surface area (Å²) in [5.74, 6) is 0. The van der Waals surface area contributed by atoms with Crippen molar-refractivity contribution in [3.05, 3.63) is 35.4 Å². The summed E-state index contributed by atoms with van der Waals surface area (Å²) in [6.45, 7) is 1.07. The second-order valence-corrected chi connectivity index (χ2v) is 2.20. The summed E-state index contributed by atoms with van der Waals surface area (Å²) in [5.41, 5.74) is 2.28. The molecule has 0 N–H and O–H groups in total. The third-order valence-corrected chi connectivity index (χ3v) is 1.54. The summed E-state index contributed by atoms with van der Waals surface area (Å²) in [6, 6.07) is 8.94. The van der Waals surface area contributed by atoms with E-state index in [-0.39, 0.29) is 0 Å². The number of fused-ring (bicyclic) bond motifs is 1. The number of rotatable bonds is 0. The van der Waals surface area contributed by atoms with Gasteiger partial charge in [0.15, 0.2) is 0 Å². The van der Waals surface area contributed by atoms with Gasteiger partial charge in [0.05, 0.1) is 0 Å². The Labute approximate surface area is 59.3 Å². The van der Waals surface area contributed by atoms with Crippen LogP contribution in [-0.2, 0) is 23.0 Å². The van der Waals surface area contributed by atoms with Crippen LogP contribution >= 0.6 is 0 Å². The largest absolute Gasteiger partial charge is 0.232 e. The van der Waals surface area contributed by atoms with E-state index in [1.807, 2.05) is 18.2 Å². The lowest BCUT2D eigenvalue weighted by Crippen LogP contribution is -2.06. The van der Waals surface area contributed by atoms with E-state index in [4.69, 9.17) is 9.78 Å². The molecule has 0 aromatic heterocycles. The molecule has 1 radical (unpaired) electrons. The Hall–Kier alpha value is -0.860. The van der Waals surface area contributed by atoms with Crippen LogP contribution in [0.1, 0.15) is 11.1 Å². The second-order valence-electron chi connectivity index (χ2n) is 2.20. The average Bonchev–Trinajstić information content (AvgIpc) is 2.05. The molecule has 1 aliphatic rings. The summed E-state index contributed by atoms with van der Waals surface area (Å²) in [4.78, 5) is 9.54. The quantitative estimate of drug-likeness (QED) is 0.501. The third-order valence-electron chi connectivity index (χ3n) is 1.54. The first kappa shape index (κ1) is 5.89. The highest BCUT2D eigenvalue weighted by atomic mass is 17.2. The predicted octanol–water partition coefficient (Wildman–Crippen LogP) is 1.45. The molecule has 2 rings (SSSR count). The van der Waals surface area contributed by atoms with Gasteiger partial charge in [0, 0.05) is 0 Å². The molecule has 0 saturated carbocycles. The Morgan fingerprint density at radius 2 is 2.20 bits per heavy atom. The van der Waals surface area contributed by atoms with E-state index in [2.05, 4.69) is 6.07 Å². The third kappa shape index (κ3) is 0.916. The zero-order valence-corrected chi connectivity index (χ0v) is 5.46. The SMILES string of the molecule is [c]1cccc2c1COOC2. The minimum absolute atomic E-state index is 0.524. The van der Waals surface area contributed by atoms with Gasteiger partial charge in [-0.3, -0.25) is 0 Å². The Morgan fingerprint density at radius 1 is 1.30 bits per heavy atom. The van der Waals surface area contributed by atoms with Gasteiger partial charge >= 0.3 is 0 Å². The van der Waals surface area contributed by atoms with Crippen LogP contribution in [0, 0.1) is 6.07 Å². The highest BCUT2D eigenvalue weighted by Gasteiger charge is 2.07. The molecule has 10 heavy (non-hydrogen) atoms. The Bertz CT molecular complexity index is 207. The maximum absolute atomic E-state index is 4.78. The van der Waals surface area contributed by atoms with Gasteiger partial charge in [-0.1, -0.05) is 18.2 Å². The van der Waals surface area contributed by atoms with E-state index < -0.39 is 0 Å². The summed E-state index contributed by atoms with van der Waals surface area (Å²) in [7, 11) is 0. The maximum Gasteiger partial charge on any atom is 0.108 e. The first-order valence-electron chi connectivity index (χ1n) is 3.20. The molecule has 51 valence electrons. The fraction of sp³-hybridized carbons (Fsp3) is 0.250. The number of benzene rings is 1. The maximum atomic E-state index is 4.78. The summed E-state index contributed by atoms with van der Waals surface area (Å²) < 4.78 is 0. The van der Waals surface area contributed by atoms with Crippen molar-refractivity contribution >= 4 is 0 Å². The van der Waals surface area contributed by atoms with Crippen molar-refractivity contribution < 1.29 is 9.78 Å². The standard InChI is InChI=1S/C8H7O2/c1-2-4-8-6-10-9-5-7(8)3-1/h1-3H,5-6H2. The fourth-order valence-corrected chi connectivity index (χ4v) is 0.982. The van der Waals surface area contributed by atoms with E-state index in [0.717, 1.165) is 5.56 Å². The van der Waals surface area contributed by atoms with Gasteiger partial charge in [0.2, 0.25) is 0 Å². The molecule has 1 aromatic rings. The Kier molecular flexibility index (Phi) is 1.42. The van der Waals surface area contributed by atoms with Crippen molar-refractivity contribution in [2.45, 2.75) is 13.2 Å². The van der Waals surface area contributed by atoms with Gasteiger partial charge in [0.1, 0.15) is 13.2 Å². The Morgan fingerprint density at radius 3 is 3.10 bits per heavy atom. The molecule has 0 bridgehead atoms. The van der Waals surface area contributed by atoms with Crippen molar-refractivity contribution in [2.75, 3.05) is 0 Å². The van der Waals surface area contributed by atoms with Gasteiger partial charge in [0.25, 0.3) is 0 Å². The molecule has 1 aromatic carbocycles. The highest BCUT2D eigenvalue weighted by molar-refractivity contribution is 5.25. The summed E-state index contributed by atoms with van der Waals surface area (Å²) >= 11 is 0. The molecule has 1 heterocycles. The van der Waals surface area contributed by atoms with Crippen LogP contribution in [0.2, 0.25) is 0 Å². The minimum atomic E-state index is 0.524. The molecule has 0 fully saturated rings. The molecular formula is C8H7O2. The normalized spacial score (nSPS) is 16.4. The molecular weight excluding hydrogens is 128 g/mol. The van der Waals surface area contributed by atoms with Crippen LogP contribution in [0.5, 0.6) is 0 Å². The van der Waals surface area contributed by atoms with E-state index in [9.17, 15) is 0 Å².